The van der Waals surface area contributed by atoms with Gasteiger partial charge in [-0.3, -0.25) is 0 Å². The lowest BCUT2D eigenvalue weighted by atomic mass is 10.1. The van der Waals surface area contributed by atoms with E-state index >= 15 is 0 Å². The van der Waals surface area contributed by atoms with Crippen molar-refractivity contribution in [1.29, 1.82) is 0 Å². The number of alkyl carbamates (subject to hydrolysis) is 2. The van der Waals surface area contributed by atoms with Crippen LogP contribution in [0, 0.1) is 5.92 Å². The molecule has 0 spiro atoms. The summed E-state index contributed by atoms with van der Waals surface area (Å²) in [4.78, 5) is 23.6. The minimum atomic E-state index is -0.494. The SMILES string of the molecule is CC(C)(C)OC(=O)NC[C@H]1CC[C@@H](NC(=O)OCc2ccccc2)C1. The summed E-state index contributed by atoms with van der Waals surface area (Å²) in [5.41, 5.74) is 0.468. The third-order valence-electron chi connectivity index (χ3n) is 4.01. The van der Waals surface area contributed by atoms with Crippen LogP contribution in [-0.4, -0.2) is 30.4 Å². The van der Waals surface area contributed by atoms with Crippen molar-refractivity contribution in [2.45, 2.75) is 58.3 Å². The minimum absolute atomic E-state index is 0.0914. The molecule has 1 aliphatic carbocycles. The average Bonchev–Trinajstić information content (AvgIpc) is 2.98. The van der Waals surface area contributed by atoms with Crippen LogP contribution in [0.25, 0.3) is 0 Å². The zero-order valence-corrected chi connectivity index (χ0v) is 15.2. The topological polar surface area (TPSA) is 76.7 Å². The van der Waals surface area contributed by atoms with Gasteiger partial charge in [-0.15, -0.1) is 0 Å². The normalized spacial score (nSPS) is 20.0. The van der Waals surface area contributed by atoms with E-state index in [1.54, 1.807) is 0 Å². The van der Waals surface area contributed by atoms with E-state index in [0.717, 1.165) is 24.8 Å². The van der Waals surface area contributed by atoms with E-state index in [-0.39, 0.29) is 12.6 Å². The number of amides is 2. The highest BCUT2D eigenvalue weighted by Crippen LogP contribution is 2.25. The van der Waals surface area contributed by atoms with Gasteiger partial charge in [0.1, 0.15) is 12.2 Å². The van der Waals surface area contributed by atoms with Gasteiger partial charge in [0.25, 0.3) is 0 Å². The molecule has 0 bridgehead atoms. The van der Waals surface area contributed by atoms with Crippen molar-refractivity contribution in [2.24, 2.45) is 5.92 Å². The molecule has 0 aliphatic heterocycles. The first kappa shape index (κ1) is 19.1. The van der Waals surface area contributed by atoms with E-state index < -0.39 is 17.8 Å². The van der Waals surface area contributed by atoms with E-state index in [4.69, 9.17) is 9.47 Å². The summed E-state index contributed by atoms with van der Waals surface area (Å²) >= 11 is 0. The Bertz CT molecular complexity index is 569. The molecule has 0 aromatic heterocycles. The van der Waals surface area contributed by atoms with Gasteiger partial charge in [0.2, 0.25) is 0 Å². The fourth-order valence-corrected chi connectivity index (χ4v) is 2.86. The van der Waals surface area contributed by atoms with Crippen molar-refractivity contribution in [3.63, 3.8) is 0 Å². The van der Waals surface area contributed by atoms with Crippen molar-refractivity contribution >= 4 is 12.2 Å². The zero-order chi connectivity index (χ0) is 18.3. The number of nitrogens with one attached hydrogen (secondary N) is 2. The maximum atomic E-state index is 11.9. The number of rotatable bonds is 5. The van der Waals surface area contributed by atoms with Crippen molar-refractivity contribution in [2.75, 3.05) is 6.54 Å². The summed E-state index contributed by atoms with van der Waals surface area (Å²) in [5.74, 6) is 0.340. The Kier molecular flexibility index (Phi) is 6.67. The monoisotopic (exact) mass is 348 g/mol. The largest absolute Gasteiger partial charge is 0.445 e. The number of benzene rings is 1. The maximum absolute atomic E-state index is 11.9. The first-order chi connectivity index (χ1) is 11.8. The molecule has 1 fully saturated rings. The Hall–Kier alpha value is -2.24. The second-order valence-electron chi connectivity index (χ2n) is 7.46. The molecule has 0 heterocycles. The molecule has 2 N–H and O–H groups in total. The fourth-order valence-electron chi connectivity index (χ4n) is 2.86. The van der Waals surface area contributed by atoms with Crippen molar-refractivity contribution in [1.82, 2.24) is 10.6 Å². The number of hydrogen-bond acceptors (Lipinski definition) is 4. The van der Waals surface area contributed by atoms with Crippen molar-refractivity contribution < 1.29 is 19.1 Å². The van der Waals surface area contributed by atoms with E-state index in [1.165, 1.54) is 0 Å². The molecule has 1 saturated carbocycles. The van der Waals surface area contributed by atoms with Crippen LogP contribution in [0.3, 0.4) is 0 Å². The first-order valence-electron chi connectivity index (χ1n) is 8.76. The summed E-state index contributed by atoms with van der Waals surface area (Å²) < 4.78 is 10.5. The second kappa shape index (κ2) is 8.74. The summed E-state index contributed by atoms with van der Waals surface area (Å²) in [6.45, 7) is 6.34. The molecule has 0 unspecified atom stereocenters. The third kappa shape index (κ3) is 7.45. The highest BCUT2D eigenvalue weighted by Gasteiger charge is 2.27. The molecule has 6 nitrogen and oxygen atoms in total. The van der Waals surface area contributed by atoms with Crippen LogP contribution in [-0.2, 0) is 16.1 Å². The summed E-state index contributed by atoms with van der Waals surface area (Å²) in [7, 11) is 0. The number of carbonyl (C=O) groups excluding carboxylic acids is 2. The lowest BCUT2D eigenvalue weighted by molar-refractivity contribution is 0.0519. The molecular weight excluding hydrogens is 320 g/mol. The third-order valence-corrected chi connectivity index (χ3v) is 4.01. The highest BCUT2D eigenvalue weighted by atomic mass is 16.6. The van der Waals surface area contributed by atoms with E-state index in [0.29, 0.717) is 12.5 Å². The van der Waals surface area contributed by atoms with Crippen LogP contribution in [0.15, 0.2) is 30.3 Å². The molecule has 0 saturated heterocycles. The average molecular weight is 348 g/mol. The van der Waals surface area contributed by atoms with Gasteiger partial charge in [-0.2, -0.15) is 0 Å². The van der Waals surface area contributed by atoms with Gasteiger partial charge in [0.05, 0.1) is 0 Å². The molecule has 25 heavy (non-hydrogen) atoms. The number of ether oxygens (including phenoxy) is 2. The second-order valence-corrected chi connectivity index (χ2v) is 7.46. The quantitative estimate of drug-likeness (QED) is 0.852. The minimum Gasteiger partial charge on any atom is -0.445 e. The van der Waals surface area contributed by atoms with Crippen LogP contribution >= 0.6 is 0 Å². The Morgan fingerprint density at radius 3 is 2.52 bits per heavy atom. The molecular formula is C19H28N2O4. The predicted molar refractivity (Wildman–Crippen MR) is 95.1 cm³/mol. The first-order valence-corrected chi connectivity index (χ1v) is 8.76. The van der Waals surface area contributed by atoms with E-state index in [2.05, 4.69) is 10.6 Å². The van der Waals surface area contributed by atoms with Gasteiger partial charge in [-0.05, 0) is 51.5 Å². The Balaban J connectivity index is 1.63. The number of carbonyl (C=O) groups is 2. The summed E-state index contributed by atoms with van der Waals surface area (Å²) in [6.07, 6.45) is 1.89. The molecule has 0 radical (unpaired) electrons. The van der Waals surface area contributed by atoms with Gasteiger partial charge in [-0.1, -0.05) is 30.3 Å². The smallest absolute Gasteiger partial charge is 0.407 e. The van der Waals surface area contributed by atoms with Crippen molar-refractivity contribution in [3.8, 4) is 0 Å². The lowest BCUT2D eigenvalue weighted by Gasteiger charge is -2.20. The van der Waals surface area contributed by atoms with Crippen LogP contribution < -0.4 is 10.6 Å². The standard InChI is InChI=1S/C19H28N2O4/c1-19(2,3)25-17(22)20-12-15-9-10-16(11-15)21-18(23)24-13-14-7-5-4-6-8-14/h4-8,15-16H,9-13H2,1-3H3,(H,20,22)(H,21,23)/t15-,16+/m0/s1. The molecule has 1 aromatic carbocycles. The molecule has 1 aromatic rings. The van der Waals surface area contributed by atoms with Crippen molar-refractivity contribution in [3.05, 3.63) is 35.9 Å². The Morgan fingerprint density at radius 2 is 1.84 bits per heavy atom. The molecule has 6 heteroatoms. The number of hydrogen-bond donors (Lipinski definition) is 2. The van der Waals surface area contributed by atoms with E-state index in [9.17, 15) is 9.59 Å². The molecule has 1 aliphatic rings. The lowest BCUT2D eigenvalue weighted by Crippen LogP contribution is -2.36. The molecule has 138 valence electrons. The van der Waals surface area contributed by atoms with Crippen LogP contribution in [0.4, 0.5) is 9.59 Å². The summed E-state index contributed by atoms with van der Waals surface area (Å²) in [6, 6.07) is 9.68. The molecule has 2 rings (SSSR count). The molecule has 2 amide bonds. The van der Waals surface area contributed by atoms with Gasteiger partial charge in [-0.25, -0.2) is 9.59 Å². The van der Waals surface area contributed by atoms with Gasteiger partial charge < -0.3 is 20.1 Å². The summed E-state index contributed by atoms with van der Waals surface area (Å²) in [5, 5.41) is 5.70. The molecule has 2 atom stereocenters. The van der Waals surface area contributed by atoms with Gasteiger partial charge >= 0.3 is 12.2 Å². The fraction of sp³-hybridized carbons (Fsp3) is 0.579. The highest BCUT2D eigenvalue weighted by molar-refractivity contribution is 5.68. The Morgan fingerprint density at radius 1 is 1.12 bits per heavy atom. The maximum Gasteiger partial charge on any atom is 0.407 e. The van der Waals surface area contributed by atoms with Gasteiger partial charge in [0, 0.05) is 12.6 Å². The van der Waals surface area contributed by atoms with Crippen LogP contribution in [0.1, 0.15) is 45.6 Å². The predicted octanol–water partition coefficient (Wildman–Crippen LogP) is 3.61. The van der Waals surface area contributed by atoms with E-state index in [1.807, 2.05) is 51.1 Å². The van der Waals surface area contributed by atoms with Gasteiger partial charge in [0.15, 0.2) is 0 Å². The Labute approximate surface area is 149 Å². The van der Waals surface area contributed by atoms with Crippen LogP contribution in [0.5, 0.6) is 0 Å². The zero-order valence-electron chi connectivity index (χ0n) is 15.2. The van der Waals surface area contributed by atoms with Crippen LogP contribution in [0.2, 0.25) is 0 Å².